The summed E-state index contributed by atoms with van der Waals surface area (Å²) in [7, 11) is 0. The molecule has 0 fully saturated rings. The molecule has 0 bridgehead atoms. The third-order valence-corrected chi connectivity index (χ3v) is 5.65. The molecule has 5 aromatic rings. The summed E-state index contributed by atoms with van der Waals surface area (Å²) in [6.07, 6.45) is -1.13. The minimum atomic E-state index is -5.08. The highest BCUT2D eigenvalue weighted by Crippen LogP contribution is 2.30. The van der Waals surface area contributed by atoms with Crippen LogP contribution in [-0.2, 0) is 16.0 Å². The maximum Gasteiger partial charge on any atom is 0.490 e. The van der Waals surface area contributed by atoms with E-state index in [0.29, 0.717) is 11.0 Å². The molecule has 0 saturated heterocycles. The number of alkyl halides is 3. The summed E-state index contributed by atoms with van der Waals surface area (Å²) in [5.41, 5.74) is 5.15. The lowest BCUT2D eigenvalue weighted by molar-refractivity contribution is -0.192. The summed E-state index contributed by atoms with van der Waals surface area (Å²) in [5, 5.41) is 14.8. The monoisotopic (exact) mass is 567 g/mol. The molecule has 0 atom stereocenters. The summed E-state index contributed by atoms with van der Waals surface area (Å²) >= 11 is 6.02. The lowest BCUT2D eigenvalue weighted by Gasteiger charge is -2.08. The number of aromatic amines is 1. The lowest BCUT2D eigenvalue weighted by Crippen LogP contribution is -2.21. The summed E-state index contributed by atoms with van der Waals surface area (Å²) in [4.78, 5) is 33.7. The second-order valence-electron chi connectivity index (χ2n) is 8.39. The van der Waals surface area contributed by atoms with Gasteiger partial charge in [0, 0.05) is 39.7 Å². The second-order valence-corrected chi connectivity index (χ2v) is 8.82. The van der Waals surface area contributed by atoms with Gasteiger partial charge in [-0.25, -0.2) is 9.78 Å². The number of carbonyl (C=O) groups is 2. The van der Waals surface area contributed by atoms with E-state index in [1.807, 2.05) is 72.9 Å². The number of amides is 1. The third kappa shape index (κ3) is 7.58. The maximum atomic E-state index is 12.5. The molecule has 0 aliphatic carbocycles. The number of aliphatic carboxylic acids is 1. The number of carboxylic acid groups (broad SMARTS) is 1. The van der Waals surface area contributed by atoms with Crippen LogP contribution in [0.4, 0.5) is 30.5 Å². The van der Waals surface area contributed by atoms with Gasteiger partial charge in [-0.15, -0.1) is 0 Å². The number of aromatic nitrogens is 3. The number of nitrogens with zero attached hydrogens (tertiary/aromatic N) is 2. The van der Waals surface area contributed by atoms with Crippen molar-refractivity contribution in [2.75, 3.05) is 10.6 Å². The van der Waals surface area contributed by atoms with Crippen molar-refractivity contribution in [1.29, 1.82) is 0 Å². The minimum Gasteiger partial charge on any atom is -0.475 e. The van der Waals surface area contributed by atoms with Crippen molar-refractivity contribution in [3.63, 3.8) is 0 Å². The molecule has 0 spiro atoms. The van der Waals surface area contributed by atoms with Crippen molar-refractivity contribution in [3.8, 4) is 11.1 Å². The van der Waals surface area contributed by atoms with Crippen molar-refractivity contribution in [3.05, 3.63) is 102 Å². The largest absolute Gasteiger partial charge is 0.490 e. The van der Waals surface area contributed by atoms with E-state index in [9.17, 15) is 18.0 Å². The molecule has 5 rings (SSSR count). The molecule has 2 heterocycles. The normalized spacial score (nSPS) is 10.9. The molecule has 204 valence electrons. The Morgan fingerprint density at radius 1 is 0.950 bits per heavy atom. The first-order chi connectivity index (χ1) is 19.1. The average molecular weight is 568 g/mol. The molecule has 0 aliphatic rings. The van der Waals surface area contributed by atoms with Gasteiger partial charge in [0.15, 0.2) is 0 Å². The van der Waals surface area contributed by atoms with E-state index in [1.54, 1.807) is 18.3 Å². The summed E-state index contributed by atoms with van der Waals surface area (Å²) in [5.74, 6) is -2.34. The molecule has 0 radical (unpaired) electrons. The van der Waals surface area contributed by atoms with Crippen LogP contribution < -0.4 is 10.6 Å². The van der Waals surface area contributed by atoms with Crippen LogP contribution in [0.2, 0.25) is 5.02 Å². The van der Waals surface area contributed by atoms with Gasteiger partial charge in [-0.1, -0.05) is 54.1 Å². The highest BCUT2D eigenvalue weighted by molar-refractivity contribution is 6.30. The molecule has 0 saturated carbocycles. The number of para-hydroxylation sites is 1. The van der Waals surface area contributed by atoms with Gasteiger partial charge in [-0.3, -0.25) is 4.79 Å². The Hall–Kier alpha value is -4.90. The molecule has 1 amide bonds. The number of carbonyl (C=O) groups excluding carboxylic acids is 1. The number of nitrogens with one attached hydrogen (secondary N) is 3. The van der Waals surface area contributed by atoms with Crippen LogP contribution in [0.1, 0.15) is 5.56 Å². The number of anilines is 3. The fourth-order valence-electron chi connectivity index (χ4n) is 3.66. The van der Waals surface area contributed by atoms with E-state index >= 15 is 0 Å². The van der Waals surface area contributed by atoms with Gasteiger partial charge in [-0.2, -0.15) is 18.2 Å². The van der Waals surface area contributed by atoms with E-state index in [-0.39, 0.29) is 12.3 Å². The van der Waals surface area contributed by atoms with Crippen LogP contribution in [0.25, 0.3) is 22.2 Å². The molecule has 40 heavy (non-hydrogen) atoms. The Kier molecular flexibility index (Phi) is 8.65. The summed E-state index contributed by atoms with van der Waals surface area (Å²) < 4.78 is 31.7. The molecule has 8 nitrogen and oxygen atoms in total. The van der Waals surface area contributed by atoms with Crippen LogP contribution in [0, 0.1) is 0 Å². The molecule has 2 aromatic heterocycles. The Balaban J connectivity index is 0.000000470. The summed E-state index contributed by atoms with van der Waals surface area (Å²) in [6.45, 7) is 0. The first-order valence-corrected chi connectivity index (χ1v) is 12.1. The molecule has 12 heteroatoms. The maximum absolute atomic E-state index is 12.5. The Morgan fingerprint density at radius 3 is 2.35 bits per heavy atom. The zero-order chi connectivity index (χ0) is 28.7. The molecular formula is C28H21ClF3N5O3. The highest BCUT2D eigenvalue weighted by Gasteiger charge is 2.38. The standard InChI is InChI=1S/C26H20ClN5O.C2HF3O2/c27-19-8-4-6-17(12-19)13-24(33)30-21-11-5-7-18(14-21)22-15-28-25-23(22)16-29-26(32-25)31-20-9-2-1-3-10-20;3-2(4,5)1(6)7/h1-12,14-16H,13H2,(H,30,33)(H2,28,29,31,32);(H,6,7). The summed E-state index contributed by atoms with van der Waals surface area (Å²) in [6, 6.07) is 24.8. The van der Waals surface area contributed by atoms with E-state index < -0.39 is 12.1 Å². The van der Waals surface area contributed by atoms with Crippen LogP contribution >= 0.6 is 11.6 Å². The van der Waals surface area contributed by atoms with Crippen LogP contribution in [-0.4, -0.2) is 38.1 Å². The van der Waals surface area contributed by atoms with E-state index in [2.05, 4.69) is 25.6 Å². The van der Waals surface area contributed by atoms with Gasteiger partial charge in [0.2, 0.25) is 11.9 Å². The minimum absolute atomic E-state index is 0.103. The van der Waals surface area contributed by atoms with Crippen molar-refractivity contribution in [1.82, 2.24) is 15.0 Å². The fraction of sp³-hybridized carbons (Fsp3) is 0.0714. The zero-order valence-electron chi connectivity index (χ0n) is 20.5. The first-order valence-electron chi connectivity index (χ1n) is 11.7. The molecule has 0 unspecified atom stereocenters. The number of hydrogen-bond acceptors (Lipinski definition) is 5. The molecular weight excluding hydrogens is 547 g/mol. The fourth-order valence-corrected chi connectivity index (χ4v) is 3.87. The number of H-pyrrole nitrogens is 1. The first kappa shape index (κ1) is 28.1. The number of hydrogen-bond donors (Lipinski definition) is 4. The third-order valence-electron chi connectivity index (χ3n) is 5.42. The van der Waals surface area contributed by atoms with Gasteiger partial charge in [0.1, 0.15) is 5.65 Å². The van der Waals surface area contributed by atoms with Crippen LogP contribution in [0.5, 0.6) is 0 Å². The number of carboxylic acids is 1. The second kappa shape index (κ2) is 12.3. The van der Waals surface area contributed by atoms with Crippen LogP contribution in [0.15, 0.2) is 91.3 Å². The number of rotatable bonds is 6. The lowest BCUT2D eigenvalue weighted by atomic mass is 10.1. The molecule has 0 aliphatic heterocycles. The Bertz CT molecular complexity index is 1640. The van der Waals surface area contributed by atoms with Gasteiger partial charge in [0.05, 0.1) is 6.42 Å². The zero-order valence-corrected chi connectivity index (χ0v) is 21.3. The average Bonchev–Trinajstić information content (AvgIpc) is 3.32. The van der Waals surface area contributed by atoms with Gasteiger partial charge in [-0.05, 0) is 47.5 Å². The Labute approximate surface area is 230 Å². The van der Waals surface area contributed by atoms with E-state index in [4.69, 9.17) is 21.5 Å². The predicted octanol–water partition coefficient (Wildman–Crippen LogP) is 6.84. The van der Waals surface area contributed by atoms with Gasteiger partial charge >= 0.3 is 12.1 Å². The number of benzene rings is 3. The van der Waals surface area contributed by atoms with Crippen molar-refractivity contribution in [2.24, 2.45) is 0 Å². The number of fused-ring (bicyclic) bond motifs is 1. The smallest absolute Gasteiger partial charge is 0.475 e. The molecule has 3 aromatic carbocycles. The SMILES string of the molecule is O=C(Cc1cccc(Cl)c1)Nc1cccc(-c2c[nH]c3nc(Nc4ccccc4)ncc23)c1.O=C(O)C(F)(F)F. The van der Waals surface area contributed by atoms with E-state index in [0.717, 1.165) is 39.1 Å². The molecule has 4 N–H and O–H groups in total. The van der Waals surface area contributed by atoms with Crippen molar-refractivity contribution < 1.29 is 27.9 Å². The topological polar surface area (TPSA) is 120 Å². The van der Waals surface area contributed by atoms with Gasteiger partial charge < -0.3 is 20.7 Å². The van der Waals surface area contributed by atoms with Gasteiger partial charge in [0.25, 0.3) is 0 Å². The van der Waals surface area contributed by atoms with Crippen molar-refractivity contribution >= 4 is 51.8 Å². The number of halogens is 4. The van der Waals surface area contributed by atoms with E-state index in [1.165, 1.54) is 0 Å². The highest BCUT2D eigenvalue weighted by atomic mass is 35.5. The quantitative estimate of drug-likeness (QED) is 0.178. The Morgan fingerprint density at radius 2 is 1.65 bits per heavy atom. The predicted molar refractivity (Wildman–Crippen MR) is 147 cm³/mol. The van der Waals surface area contributed by atoms with Crippen LogP contribution in [0.3, 0.4) is 0 Å². The van der Waals surface area contributed by atoms with Crippen molar-refractivity contribution in [2.45, 2.75) is 12.6 Å².